The fraction of sp³-hybridized carbons (Fsp3) is 0.222. The van der Waals surface area contributed by atoms with Gasteiger partial charge in [-0.2, -0.15) is 24.5 Å². The van der Waals surface area contributed by atoms with Gasteiger partial charge in [-0.25, -0.2) is 4.98 Å². The predicted molar refractivity (Wildman–Crippen MR) is 55.5 cm³/mol. The average Bonchev–Trinajstić information content (AvgIpc) is 2.88. The van der Waals surface area contributed by atoms with E-state index in [9.17, 15) is 18.3 Å². The summed E-state index contributed by atoms with van der Waals surface area (Å²) < 4.78 is 38.9. The van der Waals surface area contributed by atoms with E-state index in [4.69, 9.17) is 0 Å². The molecular weight excluding hydrogens is 259 g/mol. The van der Waals surface area contributed by atoms with E-state index >= 15 is 0 Å². The van der Waals surface area contributed by atoms with Crippen LogP contribution < -0.4 is 0 Å². The van der Waals surface area contributed by atoms with Gasteiger partial charge in [0.05, 0.1) is 0 Å². The van der Waals surface area contributed by atoms with Gasteiger partial charge in [0.1, 0.15) is 5.01 Å². The second-order valence-corrected chi connectivity index (χ2v) is 4.73. The molecule has 2 rings (SSSR count). The van der Waals surface area contributed by atoms with Crippen LogP contribution in [0.2, 0.25) is 0 Å². The minimum absolute atomic E-state index is 0.194. The Morgan fingerprint density at radius 3 is 2.44 bits per heavy atom. The monoisotopic (exact) mass is 265 g/mol. The quantitative estimate of drug-likeness (QED) is 0.905. The van der Waals surface area contributed by atoms with Crippen LogP contribution in [0.4, 0.5) is 13.2 Å². The van der Waals surface area contributed by atoms with Crippen LogP contribution in [0.25, 0.3) is 0 Å². The maximum Gasteiger partial charge on any atom is 0.428 e. The Labute approximate surface area is 97.0 Å². The maximum atomic E-state index is 13.0. The number of thiophene rings is 1. The number of hydrogen-bond acceptors (Lipinski definition) is 4. The molecule has 2 heterocycles. The molecule has 1 atom stereocenters. The molecule has 0 aliphatic heterocycles. The number of hydrogen-bond donors (Lipinski definition) is 1. The smallest absolute Gasteiger partial charge is 0.370 e. The lowest BCUT2D eigenvalue weighted by Gasteiger charge is -2.27. The molecule has 2 aromatic heterocycles. The average molecular weight is 265 g/mol. The third kappa shape index (κ3) is 1.64. The third-order valence-corrected chi connectivity index (χ3v) is 3.66. The highest BCUT2D eigenvalue weighted by Crippen LogP contribution is 2.45. The molecule has 0 aromatic carbocycles. The zero-order valence-electron chi connectivity index (χ0n) is 7.73. The Kier molecular flexibility index (Phi) is 2.77. The van der Waals surface area contributed by atoms with Gasteiger partial charge in [0.15, 0.2) is 0 Å². The van der Waals surface area contributed by atoms with E-state index in [1.807, 2.05) is 0 Å². The Morgan fingerprint density at radius 2 is 2.00 bits per heavy atom. The predicted octanol–water partition coefficient (Wildman–Crippen LogP) is 3.00. The van der Waals surface area contributed by atoms with Gasteiger partial charge in [0, 0.05) is 17.1 Å². The fourth-order valence-electron chi connectivity index (χ4n) is 1.28. The summed E-state index contributed by atoms with van der Waals surface area (Å²) in [5.41, 5.74) is -3.19. The van der Waals surface area contributed by atoms with Gasteiger partial charge in [-0.15, -0.1) is 11.3 Å². The molecule has 0 saturated heterocycles. The Hall–Kier alpha value is -0.920. The van der Waals surface area contributed by atoms with Crippen molar-refractivity contribution in [2.24, 2.45) is 0 Å². The van der Waals surface area contributed by atoms with E-state index in [1.165, 1.54) is 28.4 Å². The summed E-state index contributed by atoms with van der Waals surface area (Å²) in [6.45, 7) is 0. The molecule has 0 spiro atoms. The van der Waals surface area contributed by atoms with Crippen molar-refractivity contribution in [3.63, 3.8) is 0 Å². The van der Waals surface area contributed by atoms with E-state index in [0.29, 0.717) is 0 Å². The molecule has 7 heteroatoms. The van der Waals surface area contributed by atoms with Crippen LogP contribution in [0.15, 0.2) is 28.4 Å². The standard InChI is InChI=1S/C9H6F3NOS2/c10-9(11,12)8(14,6-1-3-15-5-6)7-13-2-4-16-7/h1-5,14H. The van der Waals surface area contributed by atoms with E-state index in [2.05, 4.69) is 4.98 Å². The molecule has 0 amide bonds. The summed E-state index contributed by atoms with van der Waals surface area (Å²) in [5, 5.41) is 13.7. The fourth-order valence-corrected chi connectivity index (χ4v) is 2.76. The highest BCUT2D eigenvalue weighted by atomic mass is 32.1. The number of rotatable bonds is 2. The lowest BCUT2D eigenvalue weighted by Crippen LogP contribution is -2.42. The van der Waals surface area contributed by atoms with Crippen LogP contribution in [-0.4, -0.2) is 16.3 Å². The summed E-state index contributed by atoms with van der Waals surface area (Å²) in [4.78, 5) is 3.56. The van der Waals surface area contributed by atoms with Crippen molar-refractivity contribution < 1.29 is 18.3 Å². The van der Waals surface area contributed by atoms with Crippen molar-refractivity contribution in [2.45, 2.75) is 11.8 Å². The van der Waals surface area contributed by atoms with E-state index in [-0.39, 0.29) is 10.6 Å². The molecule has 2 aromatic rings. The Morgan fingerprint density at radius 1 is 1.25 bits per heavy atom. The molecule has 0 radical (unpaired) electrons. The van der Waals surface area contributed by atoms with Crippen molar-refractivity contribution in [3.05, 3.63) is 39.0 Å². The molecule has 2 nitrogen and oxygen atoms in total. The number of aromatic nitrogens is 1. The van der Waals surface area contributed by atoms with Crippen LogP contribution in [0, 0.1) is 0 Å². The van der Waals surface area contributed by atoms with Crippen LogP contribution in [0.3, 0.4) is 0 Å². The molecule has 0 fully saturated rings. The minimum atomic E-state index is -4.79. The van der Waals surface area contributed by atoms with Crippen LogP contribution in [0.1, 0.15) is 10.6 Å². The summed E-state index contributed by atoms with van der Waals surface area (Å²) in [6, 6.07) is 1.25. The summed E-state index contributed by atoms with van der Waals surface area (Å²) in [5.74, 6) is 0. The first kappa shape index (κ1) is 11.6. The van der Waals surface area contributed by atoms with Crippen molar-refractivity contribution in [3.8, 4) is 0 Å². The van der Waals surface area contributed by atoms with E-state index < -0.39 is 11.8 Å². The number of nitrogens with zero attached hydrogens (tertiary/aromatic N) is 1. The summed E-state index contributed by atoms with van der Waals surface area (Å²) in [7, 11) is 0. The van der Waals surface area contributed by atoms with E-state index in [0.717, 1.165) is 22.7 Å². The van der Waals surface area contributed by atoms with Gasteiger partial charge in [0.2, 0.25) is 5.60 Å². The van der Waals surface area contributed by atoms with Crippen molar-refractivity contribution >= 4 is 22.7 Å². The van der Waals surface area contributed by atoms with Crippen molar-refractivity contribution in [2.75, 3.05) is 0 Å². The van der Waals surface area contributed by atoms with Gasteiger partial charge < -0.3 is 5.11 Å². The molecule has 86 valence electrons. The molecule has 0 aliphatic rings. The normalized spacial score (nSPS) is 16.0. The Balaban J connectivity index is 2.59. The van der Waals surface area contributed by atoms with Gasteiger partial charge in [-0.05, 0) is 16.8 Å². The molecule has 0 saturated carbocycles. The maximum absolute atomic E-state index is 13.0. The Bertz CT molecular complexity index is 415. The second-order valence-electron chi connectivity index (χ2n) is 3.06. The van der Waals surface area contributed by atoms with Gasteiger partial charge in [-0.3, -0.25) is 0 Å². The van der Waals surface area contributed by atoms with Crippen LogP contribution in [0.5, 0.6) is 0 Å². The van der Waals surface area contributed by atoms with Crippen molar-refractivity contribution in [1.82, 2.24) is 4.98 Å². The van der Waals surface area contributed by atoms with E-state index in [1.54, 1.807) is 0 Å². The zero-order chi connectivity index (χ0) is 11.8. The van der Waals surface area contributed by atoms with Gasteiger partial charge >= 0.3 is 6.18 Å². The topological polar surface area (TPSA) is 33.1 Å². The third-order valence-electron chi connectivity index (χ3n) is 2.09. The molecule has 1 unspecified atom stereocenters. The van der Waals surface area contributed by atoms with Gasteiger partial charge in [-0.1, -0.05) is 0 Å². The van der Waals surface area contributed by atoms with Crippen LogP contribution >= 0.6 is 22.7 Å². The lowest BCUT2D eigenvalue weighted by atomic mass is 9.97. The number of halogens is 3. The first-order valence-corrected chi connectivity index (χ1v) is 6.00. The number of thiazole rings is 1. The molecule has 0 aliphatic carbocycles. The summed E-state index contributed by atoms with van der Waals surface area (Å²) >= 11 is 1.88. The highest BCUT2D eigenvalue weighted by Gasteiger charge is 2.58. The number of aliphatic hydroxyl groups is 1. The highest BCUT2D eigenvalue weighted by molar-refractivity contribution is 7.09. The number of alkyl halides is 3. The SMILES string of the molecule is OC(c1ccsc1)(c1nccs1)C(F)(F)F. The minimum Gasteiger partial charge on any atom is -0.370 e. The molecule has 0 bridgehead atoms. The molecule has 16 heavy (non-hydrogen) atoms. The molecular formula is C9H6F3NOS2. The zero-order valence-corrected chi connectivity index (χ0v) is 9.36. The summed E-state index contributed by atoms with van der Waals surface area (Å²) in [6.07, 6.45) is -3.55. The largest absolute Gasteiger partial charge is 0.428 e. The van der Waals surface area contributed by atoms with Crippen LogP contribution in [-0.2, 0) is 5.60 Å². The first-order valence-electron chi connectivity index (χ1n) is 4.18. The molecule has 1 N–H and O–H groups in total. The second kappa shape index (κ2) is 3.83. The van der Waals surface area contributed by atoms with Crippen molar-refractivity contribution in [1.29, 1.82) is 0 Å². The van der Waals surface area contributed by atoms with Gasteiger partial charge in [0.25, 0.3) is 0 Å². The lowest BCUT2D eigenvalue weighted by molar-refractivity contribution is -0.248. The first-order chi connectivity index (χ1) is 7.46.